The normalized spacial score (nSPS) is 10.8. The molecule has 0 spiro atoms. The zero-order valence-corrected chi connectivity index (χ0v) is 10.9. The van der Waals surface area contributed by atoms with E-state index in [2.05, 4.69) is 15.2 Å². The zero-order chi connectivity index (χ0) is 13.1. The van der Waals surface area contributed by atoms with Crippen LogP contribution in [0.15, 0.2) is 12.4 Å². The first-order valence-electron chi connectivity index (χ1n) is 6.10. The molecule has 0 bridgehead atoms. The van der Waals surface area contributed by atoms with Crippen LogP contribution in [0.4, 0.5) is 0 Å². The fourth-order valence-electron chi connectivity index (χ4n) is 1.93. The molecule has 0 atom stereocenters. The van der Waals surface area contributed by atoms with Crippen LogP contribution in [0.3, 0.4) is 0 Å². The van der Waals surface area contributed by atoms with E-state index in [-0.39, 0.29) is 12.2 Å². The molecule has 96 valence electrons. The second-order valence-corrected chi connectivity index (χ2v) is 4.08. The Hall–Kier alpha value is -1.98. The highest BCUT2D eigenvalue weighted by Crippen LogP contribution is 2.08. The van der Waals surface area contributed by atoms with Crippen molar-refractivity contribution < 1.29 is 4.79 Å². The van der Waals surface area contributed by atoms with Gasteiger partial charge in [0.1, 0.15) is 17.8 Å². The molecule has 6 heteroatoms. The lowest BCUT2D eigenvalue weighted by Gasteiger charge is -2.04. The summed E-state index contributed by atoms with van der Waals surface area (Å²) >= 11 is 0. The average Bonchev–Trinajstić information content (AvgIpc) is 2.94. The highest BCUT2D eigenvalue weighted by Gasteiger charge is 2.16. The van der Waals surface area contributed by atoms with E-state index >= 15 is 0 Å². The molecule has 18 heavy (non-hydrogen) atoms. The van der Waals surface area contributed by atoms with E-state index in [1.54, 1.807) is 9.36 Å². The third kappa shape index (κ3) is 2.32. The predicted octanol–water partition coefficient (Wildman–Crippen LogP) is 1.25. The van der Waals surface area contributed by atoms with Crippen LogP contribution in [0, 0.1) is 6.92 Å². The van der Waals surface area contributed by atoms with Crippen molar-refractivity contribution in [1.82, 2.24) is 24.5 Å². The maximum atomic E-state index is 12.2. The summed E-state index contributed by atoms with van der Waals surface area (Å²) in [7, 11) is 0. The van der Waals surface area contributed by atoms with E-state index in [0.29, 0.717) is 24.6 Å². The van der Waals surface area contributed by atoms with Crippen molar-refractivity contribution in [2.45, 2.75) is 40.3 Å². The van der Waals surface area contributed by atoms with Crippen LogP contribution in [0.1, 0.15) is 35.9 Å². The molecule has 0 N–H and O–H groups in total. The van der Waals surface area contributed by atoms with Gasteiger partial charge in [-0.1, -0.05) is 0 Å². The number of rotatable bonds is 5. The van der Waals surface area contributed by atoms with E-state index in [1.807, 2.05) is 26.8 Å². The molecule has 0 amide bonds. The highest BCUT2D eigenvalue weighted by atomic mass is 16.1. The molecule has 0 saturated heterocycles. The Labute approximate surface area is 106 Å². The van der Waals surface area contributed by atoms with Crippen molar-refractivity contribution >= 4 is 5.78 Å². The molecule has 0 saturated carbocycles. The lowest BCUT2D eigenvalue weighted by Crippen LogP contribution is -2.15. The number of hydrogen-bond donors (Lipinski definition) is 0. The van der Waals surface area contributed by atoms with Crippen molar-refractivity contribution in [1.29, 1.82) is 0 Å². The smallest absolute Gasteiger partial charge is 0.188 e. The summed E-state index contributed by atoms with van der Waals surface area (Å²) < 4.78 is 3.46. The van der Waals surface area contributed by atoms with Crippen molar-refractivity contribution in [2.75, 3.05) is 0 Å². The number of hydrogen-bond acceptors (Lipinski definition) is 4. The quantitative estimate of drug-likeness (QED) is 0.746. The Morgan fingerprint density at radius 3 is 2.67 bits per heavy atom. The molecule has 2 rings (SSSR count). The molecular formula is C12H17N5O. The minimum absolute atomic E-state index is 0.0279. The van der Waals surface area contributed by atoms with Gasteiger partial charge in [0.05, 0.1) is 12.1 Å². The van der Waals surface area contributed by atoms with E-state index in [4.69, 9.17) is 0 Å². The maximum absolute atomic E-state index is 12.2. The summed E-state index contributed by atoms with van der Waals surface area (Å²) in [6.07, 6.45) is 1.74. The topological polar surface area (TPSA) is 65.6 Å². The standard InChI is InChI=1S/C12H17N5O/c1-4-16-10(6-9(3)15-16)11(18)7-12-13-8-14-17(12)5-2/h6,8H,4-5,7H2,1-3H3. The second kappa shape index (κ2) is 5.12. The van der Waals surface area contributed by atoms with Crippen LogP contribution in [-0.4, -0.2) is 30.3 Å². The monoisotopic (exact) mass is 247 g/mol. The van der Waals surface area contributed by atoms with E-state index in [9.17, 15) is 4.79 Å². The SMILES string of the molecule is CCn1nc(C)cc1C(=O)Cc1ncnn1CC. The summed E-state index contributed by atoms with van der Waals surface area (Å²) in [5.41, 5.74) is 1.50. The van der Waals surface area contributed by atoms with Crippen molar-refractivity contribution in [2.24, 2.45) is 0 Å². The summed E-state index contributed by atoms with van der Waals surface area (Å²) in [5.74, 6) is 0.726. The molecular weight excluding hydrogens is 230 g/mol. The minimum atomic E-state index is 0.0279. The van der Waals surface area contributed by atoms with Gasteiger partial charge in [0.15, 0.2) is 5.78 Å². The Morgan fingerprint density at radius 2 is 2.00 bits per heavy atom. The lowest BCUT2D eigenvalue weighted by atomic mass is 10.2. The summed E-state index contributed by atoms with van der Waals surface area (Å²) in [6, 6.07) is 1.82. The number of carbonyl (C=O) groups excluding carboxylic acids is 1. The first-order chi connectivity index (χ1) is 8.65. The molecule has 2 aromatic rings. The first-order valence-corrected chi connectivity index (χ1v) is 6.10. The molecule has 6 nitrogen and oxygen atoms in total. The van der Waals surface area contributed by atoms with Crippen LogP contribution in [-0.2, 0) is 19.5 Å². The Bertz CT molecular complexity index is 555. The van der Waals surface area contributed by atoms with Crippen LogP contribution >= 0.6 is 0 Å². The van der Waals surface area contributed by atoms with Gasteiger partial charge in [0.25, 0.3) is 0 Å². The van der Waals surface area contributed by atoms with Gasteiger partial charge < -0.3 is 0 Å². The van der Waals surface area contributed by atoms with Crippen molar-refractivity contribution in [3.8, 4) is 0 Å². The summed E-state index contributed by atoms with van der Waals surface area (Å²) in [5, 5.41) is 8.34. The molecule has 2 aromatic heterocycles. The molecule has 2 heterocycles. The van der Waals surface area contributed by atoms with Crippen molar-refractivity contribution in [3.63, 3.8) is 0 Å². The first kappa shape index (κ1) is 12.5. The molecule has 0 unspecified atom stereocenters. The number of nitrogens with zero attached hydrogens (tertiary/aromatic N) is 5. The molecule has 0 aliphatic carbocycles. The number of aryl methyl sites for hydroxylation is 3. The third-order valence-electron chi connectivity index (χ3n) is 2.80. The van der Waals surface area contributed by atoms with Crippen LogP contribution in [0.2, 0.25) is 0 Å². The summed E-state index contributed by atoms with van der Waals surface area (Å²) in [4.78, 5) is 16.3. The maximum Gasteiger partial charge on any atom is 0.188 e. The molecule has 0 fully saturated rings. The fourth-order valence-corrected chi connectivity index (χ4v) is 1.93. The van der Waals surface area contributed by atoms with Crippen LogP contribution < -0.4 is 0 Å². The Balaban J connectivity index is 2.21. The number of carbonyl (C=O) groups is 1. The molecule has 0 aliphatic heterocycles. The third-order valence-corrected chi connectivity index (χ3v) is 2.80. The van der Waals surface area contributed by atoms with Gasteiger partial charge in [-0.25, -0.2) is 9.67 Å². The van der Waals surface area contributed by atoms with Gasteiger partial charge in [-0.15, -0.1) is 0 Å². The second-order valence-electron chi connectivity index (χ2n) is 4.08. The molecule has 0 aromatic carbocycles. The van der Waals surface area contributed by atoms with Crippen LogP contribution in [0.25, 0.3) is 0 Å². The summed E-state index contributed by atoms with van der Waals surface area (Å²) in [6.45, 7) is 7.24. The van der Waals surface area contributed by atoms with Gasteiger partial charge in [-0.05, 0) is 26.8 Å². The zero-order valence-electron chi connectivity index (χ0n) is 10.9. The van der Waals surface area contributed by atoms with Crippen molar-refractivity contribution in [3.05, 3.63) is 29.6 Å². The van der Waals surface area contributed by atoms with Gasteiger partial charge >= 0.3 is 0 Å². The largest absolute Gasteiger partial charge is 0.292 e. The van der Waals surface area contributed by atoms with E-state index in [1.165, 1.54) is 6.33 Å². The Morgan fingerprint density at radius 1 is 1.28 bits per heavy atom. The minimum Gasteiger partial charge on any atom is -0.292 e. The van der Waals surface area contributed by atoms with Gasteiger partial charge in [-0.2, -0.15) is 10.2 Å². The molecule has 0 aliphatic rings. The van der Waals surface area contributed by atoms with E-state index in [0.717, 1.165) is 5.69 Å². The van der Waals surface area contributed by atoms with E-state index < -0.39 is 0 Å². The van der Waals surface area contributed by atoms with Crippen LogP contribution in [0.5, 0.6) is 0 Å². The average molecular weight is 247 g/mol. The number of aromatic nitrogens is 5. The fraction of sp³-hybridized carbons (Fsp3) is 0.500. The number of Topliss-reactive ketones (excluding diaryl/α,β-unsaturated/α-hetero) is 1. The molecule has 0 radical (unpaired) electrons. The van der Waals surface area contributed by atoms with Gasteiger partial charge in [0, 0.05) is 13.1 Å². The van der Waals surface area contributed by atoms with Gasteiger partial charge in [0.2, 0.25) is 0 Å². The van der Waals surface area contributed by atoms with Gasteiger partial charge in [-0.3, -0.25) is 9.48 Å². The Kier molecular flexibility index (Phi) is 3.55. The predicted molar refractivity (Wildman–Crippen MR) is 66.4 cm³/mol. The highest BCUT2D eigenvalue weighted by molar-refractivity contribution is 5.95. The lowest BCUT2D eigenvalue weighted by molar-refractivity contribution is 0.0979. The number of ketones is 1.